The number of anilines is 2. The second kappa shape index (κ2) is 10.4. The van der Waals surface area contributed by atoms with Crippen LogP contribution in [0.2, 0.25) is 0 Å². The lowest BCUT2D eigenvalue weighted by Gasteiger charge is -2.24. The van der Waals surface area contributed by atoms with Gasteiger partial charge in [-0.1, -0.05) is 0 Å². The van der Waals surface area contributed by atoms with Crippen LogP contribution in [0, 0.1) is 0 Å². The molecule has 1 aliphatic heterocycles. The number of nitrogens with two attached hydrogens (primary N) is 2. The van der Waals surface area contributed by atoms with Crippen LogP contribution in [-0.2, 0) is 16.0 Å². The molecule has 10 N–H and O–H groups in total. The maximum Gasteiger partial charge on any atom is 0.280 e. The lowest BCUT2D eigenvalue weighted by molar-refractivity contribution is -0.0302. The zero-order valence-corrected chi connectivity index (χ0v) is 20.2. The zero-order chi connectivity index (χ0) is 27.0. The third-order valence-corrected chi connectivity index (χ3v) is 6.38. The lowest BCUT2D eigenvalue weighted by Crippen LogP contribution is -2.51. The Morgan fingerprint density at radius 2 is 1.82 bits per heavy atom. The monoisotopic (exact) mass is 532 g/mol. The highest BCUT2D eigenvalue weighted by molar-refractivity contribution is 5.71. The van der Waals surface area contributed by atoms with Gasteiger partial charge in [0, 0.05) is 20.1 Å². The molecule has 1 saturated heterocycles. The Morgan fingerprint density at radius 1 is 1.16 bits per heavy atom. The fraction of sp³-hybridized carbons (Fsp3) is 0.500. The fourth-order valence-corrected chi connectivity index (χ4v) is 4.47. The molecule has 0 aliphatic carbocycles. The van der Waals surface area contributed by atoms with Crippen molar-refractivity contribution in [1.29, 1.82) is 0 Å². The number of H-pyrrole nitrogens is 2. The minimum atomic E-state index is -0.998. The van der Waals surface area contributed by atoms with E-state index in [-0.39, 0.29) is 60.0 Å². The van der Waals surface area contributed by atoms with Gasteiger partial charge in [-0.3, -0.25) is 35.0 Å². The molecule has 18 nitrogen and oxygen atoms in total. The molecule has 1 aliphatic rings. The number of fused-ring (bicyclic) bond motifs is 2. The number of nitrogen functional groups attached to an aromatic ring is 2. The van der Waals surface area contributed by atoms with E-state index in [1.165, 1.54) is 24.3 Å². The molecule has 5 heterocycles. The summed E-state index contributed by atoms with van der Waals surface area (Å²) in [6, 6.07) is -0.340. The van der Waals surface area contributed by atoms with Crippen LogP contribution in [0.3, 0.4) is 0 Å². The first kappa shape index (κ1) is 25.7. The van der Waals surface area contributed by atoms with E-state index >= 15 is 0 Å². The summed E-state index contributed by atoms with van der Waals surface area (Å²) in [4.78, 5) is 45.2. The van der Waals surface area contributed by atoms with Crippen molar-refractivity contribution >= 4 is 34.2 Å². The molecule has 4 aromatic rings. The molecular weight excluding hydrogens is 504 g/mol. The maximum atomic E-state index is 12.1. The van der Waals surface area contributed by atoms with E-state index in [0.717, 1.165) is 0 Å². The first-order valence-corrected chi connectivity index (χ1v) is 11.7. The molecule has 204 valence electrons. The predicted molar refractivity (Wildman–Crippen MR) is 132 cm³/mol. The van der Waals surface area contributed by atoms with Crippen LogP contribution >= 0.6 is 0 Å². The Morgan fingerprint density at radius 3 is 2.50 bits per heavy atom. The topological polar surface area (TPSA) is 262 Å². The van der Waals surface area contributed by atoms with Crippen LogP contribution in [0.15, 0.2) is 22.2 Å². The summed E-state index contributed by atoms with van der Waals surface area (Å²) in [5.41, 5.74) is 17.3. The normalized spacial score (nSPS) is 21.4. The number of nitrogens with zero attached hydrogens (tertiary/aromatic N) is 6. The molecule has 5 atom stereocenters. The number of methoxy groups -OCH3 is 1. The van der Waals surface area contributed by atoms with Gasteiger partial charge >= 0.3 is 0 Å². The molecule has 18 heteroatoms. The van der Waals surface area contributed by atoms with E-state index in [1.807, 2.05) is 0 Å². The van der Waals surface area contributed by atoms with Gasteiger partial charge in [0.1, 0.15) is 6.23 Å². The summed E-state index contributed by atoms with van der Waals surface area (Å²) in [7, 11) is 1.46. The van der Waals surface area contributed by atoms with Crippen molar-refractivity contribution in [3.8, 4) is 0 Å². The molecule has 5 rings (SSSR count). The molecule has 0 unspecified atom stereocenters. The summed E-state index contributed by atoms with van der Waals surface area (Å²) < 4.78 is 14.5. The van der Waals surface area contributed by atoms with Crippen LogP contribution in [0.1, 0.15) is 12.6 Å². The highest BCUT2D eigenvalue weighted by Gasteiger charge is 2.37. The zero-order valence-electron chi connectivity index (χ0n) is 20.2. The molecule has 38 heavy (non-hydrogen) atoms. The number of hydrogen-bond acceptors (Lipinski definition) is 14. The number of nitrogens with one attached hydrogen (secondary N) is 4. The number of imidazole rings is 2. The molecule has 0 amide bonds. The molecule has 1 fully saturated rings. The first-order valence-electron chi connectivity index (χ1n) is 11.7. The van der Waals surface area contributed by atoms with Gasteiger partial charge in [-0.15, -0.1) is 0 Å². The van der Waals surface area contributed by atoms with Crippen molar-refractivity contribution in [3.63, 3.8) is 0 Å². The molecule has 0 radical (unpaired) electrons. The van der Waals surface area contributed by atoms with Crippen LogP contribution < -0.4 is 33.4 Å². The highest BCUT2D eigenvalue weighted by Crippen LogP contribution is 2.30. The number of aromatic nitrogens is 8. The van der Waals surface area contributed by atoms with Gasteiger partial charge in [0.05, 0.1) is 50.2 Å². The Bertz CT molecular complexity index is 1550. The second-order valence-corrected chi connectivity index (χ2v) is 8.82. The number of rotatable bonds is 10. The van der Waals surface area contributed by atoms with Gasteiger partial charge < -0.3 is 35.7 Å². The number of hydrogen-bond donors (Lipinski definition) is 8. The Hall–Kier alpha value is -3.94. The van der Waals surface area contributed by atoms with E-state index < -0.39 is 35.7 Å². The summed E-state index contributed by atoms with van der Waals surface area (Å²) in [5.74, 6) is -0.102. The average Bonchev–Trinajstić information content (AvgIpc) is 3.59. The number of aliphatic hydroxyl groups excluding tert-OH is 2. The van der Waals surface area contributed by atoms with E-state index in [9.17, 15) is 19.8 Å². The molecule has 0 aromatic carbocycles. The number of ether oxygens (including phenoxy) is 2. The van der Waals surface area contributed by atoms with Crippen LogP contribution in [0.5, 0.6) is 0 Å². The summed E-state index contributed by atoms with van der Waals surface area (Å²) in [6.07, 6.45) is 0.430. The molecule has 0 bridgehead atoms. The maximum absolute atomic E-state index is 12.1. The standard InChI is InChI=1S/C20H28N12O6/c1-37-10(9(34)4-31-6-23-13-15(31)26-19(21)28-17(13)35)3-25-30-8-2-12(38-11(8)5-33)32-7-24-14-16(32)27-20(22)29-18(14)36/h6-12,25,30,33-34H,2-5H2,1H3,(H3,21,26,28,35)(H3,22,27,29,36)/t8-,9-,10+,11+,12+/m0/s1. The SMILES string of the molecule is CO[C@H](CNN[C@H]1C[C@H](n2cnc3c(=O)[nH]c(N)nc32)O[C@@H]1CO)[C@@H](O)Cn1cnc2c(=O)[nH]c(N)nc21. The number of hydrazine groups is 1. The lowest BCUT2D eigenvalue weighted by atomic mass is 10.1. The van der Waals surface area contributed by atoms with Crippen LogP contribution in [-0.4, -0.2) is 93.9 Å². The molecular formula is C20H28N12O6. The fourth-order valence-electron chi connectivity index (χ4n) is 4.47. The van der Waals surface area contributed by atoms with Crippen LogP contribution in [0.25, 0.3) is 22.3 Å². The van der Waals surface area contributed by atoms with Gasteiger partial charge in [0.2, 0.25) is 11.9 Å². The van der Waals surface area contributed by atoms with E-state index in [0.29, 0.717) is 6.42 Å². The molecule has 0 spiro atoms. The number of aromatic amines is 2. The summed E-state index contributed by atoms with van der Waals surface area (Å²) >= 11 is 0. The van der Waals surface area contributed by atoms with Gasteiger partial charge in [-0.05, 0) is 0 Å². The van der Waals surface area contributed by atoms with Crippen molar-refractivity contribution in [2.45, 2.75) is 43.5 Å². The van der Waals surface area contributed by atoms with Crippen molar-refractivity contribution < 1.29 is 19.7 Å². The summed E-state index contributed by atoms with van der Waals surface area (Å²) in [5, 5.41) is 20.6. The van der Waals surface area contributed by atoms with Crippen molar-refractivity contribution in [1.82, 2.24) is 49.9 Å². The van der Waals surface area contributed by atoms with Crippen molar-refractivity contribution in [3.05, 3.63) is 33.4 Å². The third kappa shape index (κ3) is 4.83. The summed E-state index contributed by atoms with van der Waals surface area (Å²) in [6.45, 7) is -0.0391. The van der Waals surface area contributed by atoms with E-state index in [4.69, 9.17) is 20.9 Å². The quantitative estimate of drug-likeness (QED) is 0.0923. The van der Waals surface area contributed by atoms with Gasteiger partial charge in [0.25, 0.3) is 11.1 Å². The Balaban J connectivity index is 1.21. The van der Waals surface area contributed by atoms with E-state index in [1.54, 1.807) is 4.57 Å². The van der Waals surface area contributed by atoms with E-state index in [2.05, 4.69) is 40.8 Å². The Kier molecular flexibility index (Phi) is 7.06. The molecule has 0 saturated carbocycles. The second-order valence-electron chi connectivity index (χ2n) is 8.82. The minimum absolute atomic E-state index is 0.0451. The highest BCUT2D eigenvalue weighted by atomic mass is 16.5. The van der Waals surface area contributed by atoms with Crippen LogP contribution in [0.4, 0.5) is 11.9 Å². The first-order chi connectivity index (χ1) is 18.3. The predicted octanol–water partition coefficient (Wildman–Crippen LogP) is -3.46. The van der Waals surface area contributed by atoms with Gasteiger partial charge in [-0.25, -0.2) is 9.97 Å². The third-order valence-electron chi connectivity index (χ3n) is 6.38. The average molecular weight is 533 g/mol. The van der Waals surface area contributed by atoms with Crippen molar-refractivity contribution in [2.75, 3.05) is 31.7 Å². The largest absolute Gasteiger partial charge is 0.394 e. The van der Waals surface area contributed by atoms with Gasteiger partial charge in [-0.2, -0.15) is 9.97 Å². The smallest absolute Gasteiger partial charge is 0.280 e. The Labute approximate surface area is 213 Å². The number of aliphatic hydroxyl groups is 2. The minimum Gasteiger partial charge on any atom is -0.394 e. The van der Waals surface area contributed by atoms with Crippen molar-refractivity contribution in [2.24, 2.45) is 0 Å². The van der Waals surface area contributed by atoms with Gasteiger partial charge in [0.15, 0.2) is 22.3 Å². The molecule has 4 aromatic heterocycles.